The van der Waals surface area contributed by atoms with Crippen LogP contribution in [0.25, 0.3) is 0 Å². The van der Waals surface area contributed by atoms with Gasteiger partial charge in [0.1, 0.15) is 17.7 Å². The molecule has 0 atom stereocenters. The van der Waals surface area contributed by atoms with Crippen molar-refractivity contribution < 1.29 is 0 Å². The van der Waals surface area contributed by atoms with Crippen molar-refractivity contribution in [2.75, 3.05) is 11.9 Å². The lowest BCUT2D eigenvalue weighted by molar-refractivity contribution is 0.631. The maximum absolute atomic E-state index is 8.64. The quantitative estimate of drug-likeness (QED) is 0.815. The first-order valence-electron chi connectivity index (χ1n) is 6.23. The molecule has 0 aromatic carbocycles. The molecule has 2 aromatic heterocycles. The number of anilines is 1. The van der Waals surface area contributed by atoms with E-state index in [1.165, 1.54) is 12.4 Å². The van der Waals surface area contributed by atoms with E-state index < -0.39 is 0 Å². The Balaban J connectivity index is 1.97. The van der Waals surface area contributed by atoms with Crippen molar-refractivity contribution >= 4 is 18.0 Å². The normalized spacial score (nSPS) is 10.5. The minimum atomic E-state index is 0.301. The Labute approximate surface area is 121 Å². The van der Waals surface area contributed by atoms with Gasteiger partial charge >= 0.3 is 0 Å². The van der Waals surface area contributed by atoms with Crippen LogP contribution in [0.5, 0.6) is 0 Å². The van der Waals surface area contributed by atoms with Gasteiger partial charge < -0.3 is 9.88 Å². The van der Waals surface area contributed by atoms with E-state index in [-0.39, 0.29) is 0 Å². The van der Waals surface area contributed by atoms with E-state index in [0.717, 1.165) is 5.82 Å². The first-order valence-corrected chi connectivity index (χ1v) is 6.63. The van der Waals surface area contributed by atoms with Gasteiger partial charge in [0, 0.05) is 19.0 Å². The highest BCUT2D eigenvalue weighted by molar-refractivity contribution is 7.71. The molecule has 2 N–H and O–H groups in total. The van der Waals surface area contributed by atoms with Gasteiger partial charge in [-0.15, -0.1) is 0 Å². The molecule has 104 valence electrons. The third-order valence-electron chi connectivity index (χ3n) is 2.71. The molecular weight excluding hydrogens is 274 g/mol. The van der Waals surface area contributed by atoms with Crippen LogP contribution in [0, 0.1) is 16.1 Å². The topological polar surface area (TPSA) is 95.2 Å². The Kier molecular flexibility index (Phi) is 4.42. The second kappa shape index (κ2) is 6.25. The molecule has 8 heteroatoms. The first-order chi connectivity index (χ1) is 9.61. The summed E-state index contributed by atoms with van der Waals surface area (Å²) in [6, 6.07) is 1.93. The van der Waals surface area contributed by atoms with E-state index in [1.807, 2.05) is 10.6 Å². The molecular formula is C12H15N7S. The van der Waals surface area contributed by atoms with Crippen molar-refractivity contribution in [2.24, 2.45) is 0 Å². The van der Waals surface area contributed by atoms with E-state index in [2.05, 4.69) is 39.3 Å². The number of hydrogen-bond acceptors (Lipinski definition) is 6. The third kappa shape index (κ3) is 3.19. The average molecular weight is 289 g/mol. The summed E-state index contributed by atoms with van der Waals surface area (Å²) in [4.78, 5) is 8.04. The number of H-pyrrole nitrogens is 1. The molecule has 2 aromatic rings. The zero-order valence-electron chi connectivity index (χ0n) is 11.3. The Bertz CT molecular complexity index is 662. The molecule has 0 bridgehead atoms. The van der Waals surface area contributed by atoms with Crippen molar-refractivity contribution in [3.8, 4) is 6.07 Å². The standard InChI is InChI=1S/C12H15N7S/c1-8(2)11-17-18-12(20)19(11)4-3-14-10-7-15-9(5-13)6-16-10/h6-8H,3-4H2,1-2H3,(H,14,16)(H,18,20). The lowest BCUT2D eigenvalue weighted by Gasteiger charge is -2.10. The molecule has 2 heterocycles. The fourth-order valence-corrected chi connectivity index (χ4v) is 1.99. The van der Waals surface area contributed by atoms with E-state index >= 15 is 0 Å². The van der Waals surface area contributed by atoms with Crippen LogP contribution in [0.2, 0.25) is 0 Å². The van der Waals surface area contributed by atoms with E-state index in [4.69, 9.17) is 17.5 Å². The Hall–Kier alpha value is -2.27. The lowest BCUT2D eigenvalue weighted by Crippen LogP contribution is -2.14. The number of hydrogen-bond donors (Lipinski definition) is 2. The maximum Gasteiger partial charge on any atom is 0.195 e. The van der Waals surface area contributed by atoms with Crippen LogP contribution in [0.1, 0.15) is 31.3 Å². The predicted octanol–water partition coefficient (Wildman–Crippen LogP) is 1.84. The van der Waals surface area contributed by atoms with Crippen LogP contribution < -0.4 is 5.32 Å². The number of rotatable bonds is 5. The summed E-state index contributed by atoms with van der Waals surface area (Å²) in [6.45, 7) is 5.47. The summed E-state index contributed by atoms with van der Waals surface area (Å²) in [5.41, 5.74) is 0.301. The highest BCUT2D eigenvalue weighted by atomic mass is 32.1. The molecule has 0 spiro atoms. The van der Waals surface area contributed by atoms with Gasteiger partial charge in [-0.25, -0.2) is 9.97 Å². The first kappa shape index (κ1) is 14.1. The summed E-state index contributed by atoms with van der Waals surface area (Å²) in [5, 5.41) is 18.8. The molecule has 20 heavy (non-hydrogen) atoms. The van der Waals surface area contributed by atoms with Gasteiger partial charge in [-0.1, -0.05) is 13.8 Å². The van der Waals surface area contributed by atoms with Gasteiger partial charge in [0.25, 0.3) is 0 Å². The zero-order chi connectivity index (χ0) is 14.5. The number of nitrogens with zero attached hydrogens (tertiary/aromatic N) is 5. The van der Waals surface area contributed by atoms with Crippen LogP contribution >= 0.6 is 12.2 Å². The van der Waals surface area contributed by atoms with Crippen molar-refractivity contribution in [3.63, 3.8) is 0 Å². The summed E-state index contributed by atoms with van der Waals surface area (Å²) in [6.07, 6.45) is 2.97. The Morgan fingerprint density at radius 3 is 2.85 bits per heavy atom. The van der Waals surface area contributed by atoms with Crippen LogP contribution in [-0.4, -0.2) is 31.3 Å². The minimum absolute atomic E-state index is 0.301. The summed E-state index contributed by atoms with van der Waals surface area (Å²) in [7, 11) is 0. The average Bonchev–Trinajstić information content (AvgIpc) is 2.81. The SMILES string of the molecule is CC(C)c1n[nH]c(=S)n1CCNc1cnc(C#N)cn1. The number of aromatic amines is 1. The van der Waals surface area contributed by atoms with Gasteiger partial charge in [-0.05, 0) is 12.2 Å². The van der Waals surface area contributed by atoms with Gasteiger partial charge in [0.15, 0.2) is 10.5 Å². The van der Waals surface area contributed by atoms with Crippen LogP contribution in [-0.2, 0) is 6.54 Å². The van der Waals surface area contributed by atoms with E-state index in [9.17, 15) is 0 Å². The van der Waals surface area contributed by atoms with Gasteiger partial charge in [-0.2, -0.15) is 10.4 Å². The highest BCUT2D eigenvalue weighted by Crippen LogP contribution is 2.11. The van der Waals surface area contributed by atoms with Crippen molar-refractivity contribution in [1.29, 1.82) is 5.26 Å². The third-order valence-corrected chi connectivity index (χ3v) is 3.02. The summed E-state index contributed by atoms with van der Waals surface area (Å²) in [5.74, 6) is 1.87. The lowest BCUT2D eigenvalue weighted by atomic mass is 10.2. The van der Waals surface area contributed by atoms with Gasteiger partial charge in [-0.3, -0.25) is 5.10 Å². The molecule has 0 radical (unpaired) electrons. The number of nitriles is 1. The second-order valence-electron chi connectivity index (χ2n) is 4.52. The summed E-state index contributed by atoms with van der Waals surface area (Å²) < 4.78 is 2.57. The van der Waals surface area contributed by atoms with E-state index in [1.54, 1.807) is 0 Å². The van der Waals surface area contributed by atoms with Gasteiger partial charge in [0.2, 0.25) is 0 Å². The molecule has 7 nitrogen and oxygen atoms in total. The zero-order valence-corrected chi connectivity index (χ0v) is 12.1. The molecule has 0 fully saturated rings. The smallest absolute Gasteiger partial charge is 0.195 e. The minimum Gasteiger partial charge on any atom is -0.367 e. The molecule has 0 aliphatic rings. The Morgan fingerprint density at radius 2 is 2.25 bits per heavy atom. The van der Waals surface area contributed by atoms with Crippen molar-refractivity contribution in [3.05, 3.63) is 28.7 Å². The molecule has 0 saturated carbocycles. The molecule has 0 unspecified atom stereocenters. The largest absolute Gasteiger partial charge is 0.367 e. The fourth-order valence-electron chi connectivity index (χ4n) is 1.76. The monoisotopic (exact) mass is 289 g/mol. The highest BCUT2D eigenvalue weighted by Gasteiger charge is 2.09. The predicted molar refractivity (Wildman–Crippen MR) is 76.7 cm³/mol. The van der Waals surface area contributed by atoms with Crippen LogP contribution in [0.15, 0.2) is 12.4 Å². The molecule has 0 aliphatic carbocycles. The maximum atomic E-state index is 8.64. The van der Waals surface area contributed by atoms with Crippen LogP contribution in [0.3, 0.4) is 0 Å². The molecule has 2 rings (SSSR count). The molecule has 0 aliphatic heterocycles. The fraction of sp³-hybridized carbons (Fsp3) is 0.417. The van der Waals surface area contributed by atoms with Crippen molar-refractivity contribution in [2.45, 2.75) is 26.3 Å². The molecule has 0 amide bonds. The number of nitrogens with one attached hydrogen (secondary N) is 2. The van der Waals surface area contributed by atoms with Gasteiger partial charge in [0.05, 0.1) is 12.4 Å². The Morgan fingerprint density at radius 1 is 1.45 bits per heavy atom. The van der Waals surface area contributed by atoms with Crippen molar-refractivity contribution in [1.82, 2.24) is 24.7 Å². The molecule has 0 saturated heterocycles. The van der Waals surface area contributed by atoms with Crippen LogP contribution in [0.4, 0.5) is 5.82 Å². The van der Waals surface area contributed by atoms with E-state index in [0.29, 0.717) is 35.3 Å². The number of aromatic nitrogens is 5. The second-order valence-corrected chi connectivity index (χ2v) is 4.91. The summed E-state index contributed by atoms with van der Waals surface area (Å²) >= 11 is 5.21.